The molecule has 1 saturated heterocycles. The van der Waals surface area contributed by atoms with Crippen molar-refractivity contribution in [3.63, 3.8) is 0 Å². The van der Waals surface area contributed by atoms with Gasteiger partial charge in [0.05, 0.1) is 17.9 Å². The first-order valence-corrected chi connectivity index (χ1v) is 13.8. The van der Waals surface area contributed by atoms with Crippen molar-refractivity contribution < 1.29 is 19.2 Å². The summed E-state index contributed by atoms with van der Waals surface area (Å²) in [7, 11) is 0. The number of carboxylic acid groups (broad SMARTS) is 1. The zero-order valence-electron chi connectivity index (χ0n) is 21.5. The number of carbonyl (C=O) groups is 1. The van der Waals surface area contributed by atoms with E-state index >= 15 is 0 Å². The van der Waals surface area contributed by atoms with Crippen LogP contribution in [-0.4, -0.2) is 43.2 Å². The Morgan fingerprint density at radius 3 is 2.76 bits per heavy atom. The zero-order chi connectivity index (χ0) is 26.2. The van der Waals surface area contributed by atoms with Crippen molar-refractivity contribution >= 4 is 17.3 Å². The van der Waals surface area contributed by atoms with Crippen LogP contribution in [0.4, 0.5) is 0 Å². The molecule has 0 saturated carbocycles. The molecule has 0 bridgehead atoms. The van der Waals surface area contributed by atoms with E-state index in [9.17, 15) is 14.5 Å². The van der Waals surface area contributed by atoms with Crippen LogP contribution >= 0.6 is 0 Å². The van der Waals surface area contributed by atoms with Gasteiger partial charge in [-0.1, -0.05) is 24.3 Å². The average molecular weight is 523 g/mol. The van der Waals surface area contributed by atoms with Gasteiger partial charge in [0.25, 0.3) is 0 Å². The van der Waals surface area contributed by atoms with Crippen molar-refractivity contribution in [3.8, 4) is 11.4 Å². The number of nitrogens with one attached hydrogen (secondary N) is 2. The van der Waals surface area contributed by atoms with Gasteiger partial charge in [-0.25, -0.2) is 9.48 Å². The second-order valence-electron chi connectivity index (χ2n) is 11.0. The third kappa shape index (κ3) is 5.27. The Balaban J connectivity index is 1.34. The molecule has 0 unspecified atom stereocenters. The summed E-state index contributed by atoms with van der Waals surface area (Å²) < 4.78 is 23.7. The first-order valence-electron chi connectivity index (χ1n) is 12.7. The number of fused-ring (bicyclic) bond motifs is 1. The average Bonchev–Trinajstić information content (AvgIpc) is 3.47. The maximum Gasteiger partial charge on any atom is 0.354 e. The fourth-order valence-corrected chi connectivity index (χ4v) is 6.34. The Labute approximate surface area is 220 Å². The lowest BCUT2D eigenvalue weighted by atomic mass is 9.73. The minimum Gasteiger partial charge on any atom is -0.598 e. The molecule has 2 heterocycles. The van der Waals surface area contributed by atoms with Gasteiger partial charge in [-0.15, -0.1) is 4.72 Å². The molecule has 1 spiro atoms. The minimum atomic E-state index is -1.15. The number of aromatic carboxylic acids is 1. The molecule has 196 valence electrons. The van der Waals surface area contributed by atoms with Crippen LogP contribution < -0.4 is 14.8 Å². The van der Waals surface area contributed by atoms with E-state index in [1.54, 1.807) is 12.1 Å². The highest BCUT2D eigenvalue weighted by molar-refractivity contribution is 7.90. The zero-order valence-corrected chi connectivity index (χ0v) is 22.3. The Morgan fingerprint density at radius 2 is 2.03 bits per heavy atom. The third-order valence-corrected chi connectivity index (χ3v) is 8.95. The lowest BCUT2D eigenvalue weighted by Gasteiger charge is -2.40. The Morgan fingerprint density at radius 1 is 1.24 bits per heavy atom. The van der Waals surface area contributed by atoms with Crippen LogP contribution in [-0.2, 0) is 24.4 Å². The summed E-state index contributed by atoms with van der Waals surface area (Å²) in [5.41, 5.74) is 4.39. The summed E-state index contributed by atoms with van der Waals surface area (Å²) in [5, 5.41) is 17.0. The quantitative estimate of drug-likeness (QED) is 0.400. The first kappa shape index (κ1) is 25.8. The maximum atomic E-state index is 13.1. The molecule has 2 atom stereocenters. The molecule has 1 aliphatic carbocycles. The van der Waals surface area contributed by atoms with E-state index in [1.807, 2.05) is 32.9 Å². The van der Waals surface area contributed by atoms with Crippen LogP contribution in [0.3, 0.4) is 0 Å². The molecule has 9 heteroatoms. The van der Waals surface area contributed by atoms with Gasteiger partial charge in [-0.3, -0.25) is 0 Å². The summed E-state index contributed by atoms with van der Waals surface area (Å²) in [5.74, 6) is -0.396. The summed E-state index contributed by atoms with van der Waals surface area (Å²) in [6, 6.07) is 15.3. The SMILES string of the molecule is CC(C)(C)[S@@+]([O-])N[C@@H]1c2ccc(COc3cccc(-n4nccc4C(=O)O)c3)cc2CC12CCNCC2. The molecular weight excluding hydrogens is 488 g/mol. The van der Waals surface area contributed by atoms with Gasteiger partial charge in [0.1, 0.15) is 17.1 Å². The molecule has 5 rings (SSSR count). The van der Waals surface area contributed by atoms with Crippen LogP contribution in [0.5, 0.6) is 5.75 Å². The highest BCUT2D eigenvalue weighted by Crippen LogP contribution is 2.52. The number of benzene rings is 2. The second-order valence-corrected chi connectivity index (χ2v) is 13.0. The molecule has 2 aliphatic rings. The molecular formula is C28H34N4O4S. The minimum absolute atomic E-state index is 0.0634. The lowest BCUT2D eigenvalue weighted by molar-refractivity contribution is 0.0687. The Bertz CT molecular complexity index is 1280. The van der Waals surface area contributed by atoms with Crippen molar-refractivity contribution in [1.82, 2.24) is 19.8 Å². The van der Waals surface area contributed by atoms with Crippen molar-refractivity contribution in [3.05, 3.63) is 77.1 Å². The Hall–Kier alpha value is -2.85. The smallest absolute Gasteiger partial charge is 0.354 e. The third-order valence-electron chi connectivity index (χ3n) is 7.38. The fourth-order valence-electron chi connectivity index (χ4n) is 5.40. The molecule has 8 nitrogen and oxygen atoms in total. The number of piperidine rings is 1. The van der Waals surface area contributed by atoms with Crippen LogP contribution in [0.25, 0.3) is 5.69 Å². The van der Waals surface area contributed by atoms with Gasteiger partial charge in [-0.2, -0.15) is 5.10 Å². The molecule has 1 aromatic heterocycles. The number of rotatable bonds is 7. The summed E-state index contributed by atoms with van der Waals surface area (Å²) in [6.07, 6.45) is 4.52. The van der Waals surface area contributed by atoms with Gasteiger partial charge in [0.15, 0.2) is 5.69 Å². The molecule has 3 aromatic rings. The first-order chi connectivity index (χ1) is 17.7. The van der Waals surface area contributed by atoms with Gasteiger partial charge in [-0.05, 0) is 88.0 Å². The normalized spacial score (nSPS) is 19.5. The lowest BCUT2D eigenvalue weighted by Crippen LogP contribution is -2.48. The van der Waals surface area contributed by atoms with Crippen molar-refractivity contribution in [2.24, 2.45) is 5.41 Å². The van der Waals surface area contributed by atoms with E-state index in [0.29, 0.717) is 18.0 Å². The highest BCUT2D eigenvalue weighted by Gasteiger charge is 2.49. The van der Waals surface area contributed by atoms with E-state index in [1.165, 1.54) is 28.1 Å². The largest absolute Gasteiger partial charge is 0.598 e. The van der Waals surface area contributed by atoms with Crippen LogP contribution in [0.2, 0.25) is 0 Å². The summed E-state index contributed by atoms with van der Waals surface area (Å²) in [4.78, 5) is 11.5. The number of nitrogens with zero attached hydrogens (tertiary/aromatic N) is 2. The topological polar surface area (TPSA) is 111 Å². The predicted octanol–water partition coefficient (Wildman–Crippen LogP) is 4.17. The molecule has 0 amide bonds. The van der Waals surface area contributed by atoms with E-state index in [-0.39, 0.29) is 21.9 Å². The van der Waals surface area contributed by atoms with Gasteiger partial charge < -0.3 is 19.7 Å². The number of aromatic nitrogens is 2. The monoisotopic (exact) mass is 522 g/mol. The highest BCUT2D eigenvalue weighted by atomic mass is 32.2. The van der Waals surface area contributed by atoms with E-state index < -0.39 is 17.3 Å². The van der Waals surface area contributed by atoms with Crippen molar-refractivity contribution in [2.45, 2.75) is 57.4 Å². The van der Waals surface area contributed by atoms with E-state index in [2.05, 4.69) is 33.3 Å². The molecule has 1 aliphatic heterocycles. The van der Waals surface area contributed by atoms with Crippen molar-refractivity contribution in [2.75, 3.05) is 13.1 Å². The molecule has 1 fully saturated rings. The number of hydrogen-bond donors (Lipinski definition) is 3. The van der Waals surface area contributed by atoms with Gasteiger partial charge in [0.2, 0.25) is 0 Å². The summed E-state index contributed by atoms with van der Waals surface area (Å²) >= 11 is -1.15. The fraction of sp³-hybridized carbons (Fsp3) is 0.429. The Kier molecular flexibility index (Phi) is 7.06. The van der Waals surface area contributed by atoms with Crippen molar-refractivity contribution in [1.29, 1.82) is 0 Å². The van der Waals surface area contributed by atoms with Gasteiger partial charge in [0, 0.05) is 22.8 Å². The van der Waals surface area contributed by atoms with E-state index in [4.69, 9.17) is 4.74 Å². The van der Waals surface area contributed by atoms with Gasteiger partial charge >= 0.3 is 5.97 Å². The predicted molar refractivity (Wildman–Crippen MR) is 143 cm³/mol. The van der Waals surface area contributed by atoms with Crippen LogP contribution in [0.1, 0.15) is 66.8 Å². The maximum absolute atomic E-state index is 13.1. The molecule has 0 radical (unpaired) electrons. The number of carboxylic acids is 1. The van der Waals surface area contributed by atoms with Crippen LogP contribution in [0, 0.1) is 5.41 Å². The molecule has 37 heavy (non-hydrogen) atoms. The number of ether oxygens (including phenoxy) is 1. The van der Waals surface area contributed by atoms with E-state index in [0.717, 1.165) is 37.9 Å². The van der Waals surface area contributed by atoms with Crippen LogP contribution in [0.15, 0.2) is 54.7 Å². The number of hydrogen-bond acceptors (Lipinski definition) is 6. The molecule has 3 N–H and O–H groups in total. The molecule has 2 aromatic carbocycles. The second kappa shape index (κ2) is 10.1. The standard InChI is InChI=1S/C28H34N4O4S/c1-27(2,3)37(35)31-25-23-8-7-19(15-20(23)17-28(25)10-13-29-14-11-28)18-36-22-6-4-5-21(16-22)32-24(26(33)34)9-12-30-32/h4-9,12,15-16,25,29,31H,10-11,13-14,17-18H2,1-3H3,(H,33,34)/t25-,37-/m1/s1. The summed E-state index contributed by atoms with van der Waals surface area (Å²) in [6.45, 7) is 8.35.